The first-order chi connectivity index (χ1) is 7.33. The molecule has 0 amide bonds. The number of Topliss-reactive ketones (excluding diaryl/α,β-unsaturated/α-hetero) is 1. The van der Waals surface area contributed by atoms with Crippen LogP contribution in [0, 0.1) is 5.92 Å². The molecular weight excluding hydrogens is 184 g/mol. The number of unbranched alkanes of at least 4 members (excludes halogenated alkanes) is 5. The Bertz CT molecular complexity index is 170. The number of hydrogen-bond donors (Lipinski definition) is 0. The summed E-state index contributed by atoms with van der Waals surface area (Å²) >= 11 is 0. The molecule has 0 aliphatic heterocycles. The summed E-state index contributed by atoms with van der Waals surface area (Å²) in [4.78, 5) is 11.5. The molecule has 0 saturated heterocycles. The van der Waals surface area contributed by atoms with E-state index in [1.54, 1.807) is 0 Å². The van der Waals surface area contributed by atoms with Gasteiger partial charge in [-0.05, 0) is 18.8 Å². The molecule has 1 fully saturated rings. The van der Waals surface area contributed by atoms with Crippen molar-refractivity contribution in [3.8, 4) is 0 Å². The zero-order valence-corrected chi connectivity index (χ0v) is 10.3. The fourth-order valence-electron chi connectivity index (χ4n) is 2.00. The van der Waals surface area contributed by atoms with Crippen LogP contribution in [0.25, 0.3) is 0 Å². The molecule has 0 aromatic heterocycles. The molecule has 1 nitrogen and oxygen atoms in total. The van der Waals surface area contributed by atoms with Gasteiger partial charge in [0.15, 0.2) is 0 Å². The lowest BCUT2D eigenvalue weighted by Crippen LogP contribution is -1.98. The van der Waals surface area contributed by atoms with Gasteiger partial charge in [0.2, 0.25) is 0 Å². The van der Waals surface area contributed by atoms with E-state index in [4.69, 9.17) is 0 Å². The maximum atomic E-state index is 11.5. The van der Waals surface area contributed by atoms with Gasteiger partial charge in [0.05, 0.1) is 0 Å². The van der Waals surface area contributed by atoms with Crippen molar-refractivity contribution in [1.29, 1.82) is 0 Å². The SMILES string of the molecule is CCCCCCCCC(=O)CCC1CC1. The van der Waals surface area contributed by atoms with E-state index < -0.39 is 0 Å². The molecule has 0 aromatic carbocycles. The second-order valence-corrected chi connectivity index (χ2v) is 5.04. The monoisotopic (exact) mass is 210 g/mol. The molecule has 1 heteroatoms. The normalized spacial score (nSPS) is 15.5. The van der Waals surface area contributed by atoms with E-state index in [0.717, 1.165) is 25.2 Å². The van der Waals surface area contributed by atoms with Crippen LogP contribution >= 0.6 is 0 Å². The lowest BCUT2D eigenvalue weighted by molar-refractivity contribution is -0.119. The summed E-state index contributed by atoms with van der Waals surface area (Å²) in [5, 5.41) is 0. The number of ketones is 1. The van der Waals surface area contributed by atoms with Crippen LogP contribution in [0.2, 0.25) is 0 Å². The zero-order valence-electron chi connectivity index (χ0n) is 10.3. The molecule has 0 radical (unpaired) electrons. The van der Waals surface area contributed by atoms with Gasteiger partial charge in [0, 0.05) is 12.8 Å². The molecule has 15 heavy (non-hydrogen) atoms. The quantitative estimate of drug-likeness (QED) is 0.485. The zero-order chi connectivity index (χ0) is 10.9. The van der Waals surface area contributed by atoms with E-state index in [-0.39, 0.29) is 0 Å². The lowest BCUT2D eigenvalue weighted by Gasteiger charge is -2.01. The Morgan fingerprint density at radius 2 is 1.67 bits per heavy atom. The summed E-state index contributed by atoms with van der Waals surface area (Å²) in [6, 6.07) is 0. The van der Waals surface area contributed by atoms with Gasteiger partial charge in [0.1, 0.15) is 5.78 Å². The van der Waals surface area contributed by atoms with Crippen LogP contribution in [0.5, 0.6) is 0 Å². The first-order valence-corrected chi connectivity index (χ1v) is 6.84. The van der Waals surface area contributed by atoms with Crippen LogP contribution in [0.1, 0.15) is 77.6 Å². The molecular formula is C14H26O. The predicted octanol–water partition coefficient (Wildman–Crippen LogP) is 4.50. The Kier molecular flexibility index (Phi) is 6.71. The lowest BCUT2D eigenvalue weighted by atomic mass is 10.0. The van der Waals surface area contributed by atoms with Crippen LogP contribution in [0.15, 0.2) is 0 Å². The third-order valence-electron chi connectivity index (χ3n) is 3.34. The molecule has 0 bridgehead atoms. The first-order valence-electron chi connectivity index (χ1n) is 6.84. The predicted molar refractivity (Wildman–Crippen MR) is 65.0 cm³/mol. The highest BCUT2D eigenvalue weighted by molar-refractivity contribution is 5.78. The van der Waals surface area contributed by atoms with Crippen molar-refractivity contribution in [2.45, 2.75) is 77.6 Å². The van der Waals surface area contributed by atoms with E-state index in [9.17, 15) is 4.79 Å². The van der Waals surface area contributed by atoms with Crippen molar-refractivity contribution < 1.29 is 4.79 Å². The number of hydrogen-bond acceptors (Lipinski definition) is 1. The molecule has 0 heterocycles. The highest BCUT2D eigenvalue weighted by Gasteiger charge is 2.21. The van der Waals surface area contributed by atoms with Crippen molar-refractivity contribution in [2.75, 3.05) is 0 Å². The maximum Gasteiger partial charge on any atom is 0.132 e. The van der Waals surface area contributed by atoms with Crippen molar-refractivity contribution in [2.24, 2.45) is 5.92 Å². The number of carbonyl (C=O) groups is 1. The van der Waals surface area contributed by atoms with Crippen LogP contribution in [-0.2, 0) is 4.79 Å². The van der Waals surface area contributed by atoms with E-state index in [2.05, 4.69) is 6.92 Å². The fraction of sp³-hybridized carbons (Fsp3) is 0.929. The third-order valence-corrected chi connectivity index (χ3v) is 3.34. The molecule has 1 saturated carbocycles. The number of rotatable bonds is 10. The smallest absolute Gasteiger partial charge is 0.132 e. The molecule has 1 rings (SSSR count). The van der Waals surface area contributed by atoms with Crippen molar-refractivity contribution in [1.82, 2.24) is 0 Å². The highest BCUT2D eigenvalue weighted by atomic mass is 16.1. The molecule has 1 aliphatic rings. The fourth-order valence-corrected chi connectivity index (χ4v) is 2.00. The first kappa shape index (κ1) is 12.7. The second-order valence-electron chi connectivity index (χ2n) is 5.04. The van der Waals surface area contributed by atoms with Gasteiger partial charge in [0.25, 0.3) is 0 Å². The molecule has 0 N–H and O–H groups in total. The second kappa shape index (κ2) is 7.90. The molecule has 0 spiro atoms. The summed E-state index contributed by atoms with van der Waals surface area (Å²) in [7, 11) is 0. The Morgan fingerprint density at radius 3 is 2.33 bits per heavy atom. The third kappa shape index (κ3) is 7.58. The van der Waals surface area contributed by atoms with Gasteiger partial charge in [-0.3, -0.25) is 4.79 Å². The van der Waals surface area contributed by atoms with Gasteiger partial charge in [-0.2, -0.15) is 0 Å². The Balaban J connectivity index is 1.79. The summed E-state index contributed by atoms with van der Waals surface area (Å²) in [6.07, 6.45) is 13.4. The molecule has 88 valence electrons. The van der Waals surface area contributed by atoms with E-state index in [0.29, 0.717) is 5.78 Å². The summed E-state index contributed by atoms with van der Waals surface area (Å²) in [6.45, 7) is 2.24. The summed E-state index contributed by atoms with van der Waals surface area (Å²) in [5.74, 6) is 1.43. The minimum Gasteiger partial charge on any atom is -0.300 e. The van der Waals surface area contributed by atoms with Gasteiger partial charge < -0.3 is 0 Å². The average Bonchev–Trinajstić information content (AvgIpc) is 3.04. The van der Waals surface area contributed by atoms with Crippen molar-refractivity contribution in [3.63, 3.8) is 0 Å². The Labute approximate surface area is 94.6 Å². The highest BCUT2D eigenvalue weighted by Crippen LogP contribution is 2.33. The van der Waals surface area contributed by atoms with Gasteiger partial charge in [-0.1, -0.05) is 51.9 Å². The van der Waals surface area contributed by atoms with E-state index in [1.165, 1.54) is 51.4 Å². The van der Waals surface area contributed by atoms with Gasteiger partial charge >= 0.3 is 0 Å². The van der Waals surface area contributed by atoms with Crippen LogP contribution in [-0.4, -0.2) is 5.78 Å². The standard InChI is InChI=1S/C14H26O/c1-2-3-4-5-6-7-8-14(15)12-11-13-9-10-13/h13H,2-12H2,1H3. The summed E-state index contributed by atoms with van der Waals surface area (Å²) in [5.41, 5.74) is 0. The van der Waals surface area contributed by atoms with Crippen molar-refractivity contribution >= 4 is 5.78 Å². The van der Waals surface area contributed by atoms with Crippen LogP contribution < -0.4 is 0 Å². The van der Waals surface area contributed by atoms with Crippen molar-refractivity contribution in [3.05, 3.63) is 0 Å². The largest absolute Gasteiger partial charge is 0.300 e. The van der Waals surface area contributed by atoms with Crippen LogP contribution in [0.3, 0.4) is 0 Å². The van der Waals surface area contributed by atoms with Gasteiger partial charge in [-0.25, -0.2) is 0 Å². The number of carbonyl (C=O) groups excluding carboxylic acids is 1. The topological polar surface area (TPSA) is 17.1 Å². The van der Waals surface area contributed by atoms with E-state index in [1.807, 2.05) is 0 Å². The van der Waals surface area contributed by atoms with E-state index >= 15 is 0 Å². The van der Waals surface area contributed by atoms with Crippen LogP contribution in [0.4, 0.5) is 0 Å². The Morgan fingerprint density at radius 1 is 1.00 bits per heavy atom. The van der Waals surface area contributed by atoms with Gasteiger partial charge in [-0.15, -0.1) is 0 Å². The molecule has 0 atom stereocenters. The minimum atomic E-state index is 0.511. The molecule has 0 aromatic rings. The molecule has 0 unspecified atom stereocenters. The minimum absolute atomic E-state index is 0.511. The average molecular weight is 210 g/mol. The summed E-state index contributed by atoms with van der Waals surface area (Å²) < 4.78 is 0. The molecule has 1 aliphatic carbocycles. The Hall–Kier alpha value is -0.330. The maximum absolute atomic E-state index is 11.5.